The molecule has 1 aromatic carbocycles. The van der Waals surface area contributed by atoms with Crippen molar-refractivity contribution in [2.45, 2.75) is 32.2 Å². The minimum atomic E-state index is -0.436. The Morgan fingerprint density at radius 2 is 2.12 bits per heavy atom. The van der Waals surface area contributed by atoms with Gasteiger partial charge in [-0.15, -0.1) is 0 Å². The van der Waals surface area contributed by atoms with Gasteiger partial charge in [0.15, 0.2) is 0 Å². The van der Waals surface area contributed by atoms with Crippen molar-refractivity contribution in [3.05, 3.63) is 29.8 Å². The van der Waals surface area contributed by atoms with Crippen LogP contribution in [0, 0.1) is 5.92 Å². The lowest BCUT2D eigenvalue weighted by atomic mass is 9.97. The van der Waals surface area contributed by atoms with Crippen molar-refractivity contribution in [3.8, 4) is 0 Å². The minimum absolute atomic E-state index is 0.0280. The van der Waals surface area contributed by atoms with Crippen molar-refractivity contribution in [3.63, 3.8) is 0 Å². The fourth-order valence-corrected chi connectivity index (χ4v) is 3.72. The summed E-state index contributed by atoms with van der Waals surface area (Å²) in [6, 6.07) is 8.25. The Hall–Kier alpha value is -2.24. The number of anilines is 1. The highest BCUT2D eigenvalue weighted by molar-refractivity contribution is 5.80. The largest absolute Gasteiger partial charge is 0.366 e. The lowest BCUT2D eigenvalue weighted by Gasteiger charge is -2.32. The molecule has 24 heavy (non-hydrogen) atoms. The van der Waals surface area contributed by atoms with E-state index in [0.29, 0.717) is 19.6 Å². The third-order valence-electron chi connectivity index (χ3n) is 5.13. The molecule has 0 bridgehead atoms. The molecule has 130 valence electrons. The van der Waals surface area contributed by atoms with Crippen molar-refractivity contribution in [2.75, 3.05) is 31.1 Å². The van der Waals surface area contributed by atoms with Gasteiger partial charge in [-0.2, -0.15) is 0 Å². The Bertz CT molecular complexity index is 619. The van der Waals surface area contributed by atoms with Crippen LogP contribution in [-0.4, -0.2) is 49.1 Å². The lowest BCUT2D eigenvalue weighted by molar-refractivity contribution is -0.126. The van der Waals surface area contributed by atoms with Gasteiger partial charge in [-0.05, 0) is 37.8 Å². The van der Waals surface area contributed by atoms with E-state index in [4.69, 9.17) is 5.73 Å². The maximum atomic E-state index is 12.4. The number of piperidine rings is 1. The molecule has 2 aliphatic heterocycles. The Morgan fingerprint density at radius 1 is 1.33 bits per heavy atom. The molecular weight excluding hydrogens is 304 g/mol. The molecule has 6 nitrogen and oxygen atoms in total. The number of carbonyl (C=O) groups is 2. The number of nitrogens with zero attached hydrogens (tertiary/aromatic N) is 2. The summed E-state index contributed by atoms with van der Waals surface area (Å²) in [5.74, 6) is -0.121. The fourth-order valence-electron chi connectivity index (χ4n) is 3.72. The molecule has 3 N–H and O–H groups in total. The van der Waals surface area contributed by atoms with E-state index in [1.807, 2.05) is 0 Å². The second-order valence-corrected chi connectivity index (χ2v) is 6.79. The summed E-state index contributed by atoms with van der Waals surface area (Å²) in [5, 5.41) is 3.06. The van der Waals surface area contributed by atoms with Gasteiger partial charge < -0.3 is 20.9 Å². The number of urea groups is 1. The minimum Gasteiger partial charge on any atom is -0.366 e. The Labute approximate surface area is 143 Å². The maximum Gasteiger partial charge on any atom is 0.314 e. The van der Waals surface area contributed by atoms with Gasteiger partial charge in [-0.25, -0.2) is 4.79 Å². The first-order valence-corrected chi connectivity index (χ1v) is 8.73. The number of hydrogen-bond donors (Lipinski definition) is 2. The van der Waals surface area contributed by atoms with Crippen LogP contribution in [0.1, 0.15) is 25.3 Å². The maximum absolute atomic E-state index is 12.4. The van der Waals surface area contributed by atoms with E-state index >= 15 is 0 Å². The fraction of sp³-hybridized carbons (Fsp3) is 0.556. The number of nitrogens with one attached hydrogen (secondary N) is 1. The number of likely N-dealkylation sites (tertiary alicyclic amines) is 1. The number of amides is 3. The molecule has 2 atom stereocenters. The van der Waals surface area contributed by atoms with Crippen LogP contribution >= 0.6 is 0 Å². The summed E-state index contributed by atoms with van der Waals surface area (Å²) in [5.41, 5.74) is 7.98. The molecular formula is C18H26N4O2. The van der Waals surface area contributed by atoms with Gasteiger partial charge in [0.05, 0.1) is 5.92 Å². The normalized spacial score (nSPS) is 21.3. The van der Waals surface area contributed by atoms with Gasteiger partial charge in [0.1, 0.15) is 0 Å². The highest BCUT2D eigenvalue weighted by atomic mass is 16.2. The second-order valence-electron chi connectivity index (χ2n) is 6.79. The molecule has 3 amide bonds. The smallest absolute Gasteiger partial charge is 0.314 e. The number of benzene rings is 1. The number of rotatable bonds is 4. The van der Waals surface area contributed by atoms with Crippen LogP contribution in [0.5, 0.6) is 0 Å². The molecule has 0 radical (unpaired) electrons. The van der Waals surface area contributed by atoms with Crippen LogP contribution in [0.3, 0.4) is 0 Å². The van der Waals surface area contributed by atoms with Crippen molar-refractivity contribution < 1.29 is 9.59 Å². The van der Waals surface area contributed by atoms with E-state index in [1.165, 1.54) is 11.3 Å². The molecule has 6 heteroatoms. The van der Waals surface area contributed by atoms with E-state index in [-0.39, 0.29) is 17.9 Å². The average molecular weight is 330 g/mol. The summed E-state index contributed by atoms with van der Waals surface area (Å²) < 4.78 is 0. The molecule has 0 spiro atoms. The first kappa shape index (κ1) is 16.6. The van der Waals surface area contributed by atoms with Crippen molar-refractivity contribution in [1.29, 1.82) is 0 Å². The predicted molar refractivity (Wildman–Crippen MR) is 93.8 cm³/mol. The molecule has 1 saturated heterocycles. The topological polar surface area (TPSA) is 78.7 Å². The SMILES string of the molecule is C[C@H](CNC(=O)[C@H]1CCCN(C(N)=O)C1)N1CCc2ccccc21. The van der Waals surface area contributed by atoms with Crippen molar-refractivity contribution in [2.24, 2.45) is 11.7 Å². The number of nitrogens with two attached hydrogens (primary N) is 1. The van der Waals surface area contributed by atoms with Gasteiger partial charge in [0, 0.05) is 37.9 Å². The lowest BCUT2D eigenvalue weighted by Crippen LogP contribution is -2.49. The molecule has 0 aliphatic carbocycles. The third-order valence-corrected chi connectivity index (χ3v) is 5.13. The number of carbonyl (C=O) groups excluding carboxylic acids is 2. The molecule has 2 heterocycles. The van der Waals surface area contributed by atoms with Crippen molar-refractivity contribution in [1.82, 2.24) is 10.2 Å². The first-order chi connectivity index (χ1) is 11.6. The summed E-state index contributed by atoms with van der Waals surface area (Å²) in [6.45, 7) is 4.83. The highest BCUT2D eigenvalue weighted by Crippen LogP contribution is 2.29. The van der Waals surface area contributed by atoms with Gasteiger partial charge in [0.25, 0.3) is 0 Å². The zero-order valence-electron chi connectivity index (χ0n) is 14.2. The third kappa shape index (κ3) is 3.47. The molecule has 0 unspecified atom stereocenters. The van der Waals surface area contributed by atoms with Crippen LogP contribution in [0.15, 0.2) is 24.3 Å². The standard InChI is InChI=1S/C18H26N4O2/c1-13(22-10-8-14-5-2-3-7-16(14)22)11-20-17(23)15-6-4-9-21(12-15)18(19)24/h2-3,5,7,13,15H,4,6,8-12H2,1H3,(H2,19,24)(H,20,23)/t13-,15+/m1/s1. The first-order valence-electron chi connectivity index (χ1n) is 8.73. The monoisotopic (exact) mass is 330 g/mol. The molecule has 1 aromatic rings. The molecule has 2 aliphatic rings. The Morgan fingerprint density at radius 3 is 2.92 bits per heavy atom. The molecule has 1 fully saturated rings. The number of para-hydroxylation sites is 1. The zero-order chi connectivity index (χ0) is 17.1. The molecule has 0 aromatic heterocycles. The summed E-state index contributed by atoms with van der Waals surface area (Å²) >= 11 is 0. The van der Waals surface area contributed by atoms with Crippen LogP contribution in [-0.2, 0) is 11.2 Å². The predicted octanol–water partition coefficient (Wildman–Crippen LogP) is 1.34. The van der Waals surface area contributed by atoms with E-state index in [9.17, 15) is 9.59 Å². The average Bonchev–Trinajstić information content (AvgIpc) is 3.03. The van der Waals surface area contributed by atoms with Crippen LogP contribution < -0.4 is 16.0 Å². The van der Waals surface area contributed by atoms with E-state index in [1.54, 1.807) is 4.90 Å². The van der Waals surface area contributed by atoms with Crippen LogP contribution in [0.2, 0.25) is 0 Å². The van der Waals surface area contributed by atoms with Gasteiger partial charge in [-0.3, -0.25) is 4.79 Å². The number of primary amides is 1. The van der Waals surface area contributed by atoms with Gasteiger partial charge >= 0.3 is 6.03 Å². The van der Waals surface area contributed by atoms with Crippen molar-refractivity contribution >= 4 is 17.6 Å². The summed E-state index contributed by atoms with van der Waals surface area (Å²) in [4.78, 5) is 27.6. The van der Waals surface area contributed by atoms with Gasteiger partial charge in [0.2, 0.25) is 5.91 Å². The van der Waals surface area contributed by atoms with E-state index < -0.39 is 6.03 Å². The van der Waals surface area contributed by atoms with Gasteiger partial charge in [-0.1, -0.05) is 18.2 Å². The Kier molecular flexibility index (Phi) is 4.92. The zero-order valence-corrected chi connectivity index (χ0v) is 14.2. The second kappa shape index (κ2) is 7.11. The summed E-state index contributed by atoms with van der Waals surface area (Å²) in [7, 11) is 0. The van der Waals surface area contributed by atoms with Crippen LogP contribution in [0.4, 0.5) is 10.5 Å². The quantitative estimate of drug-likeness (QED) is 0.874. The molecule has 3 rings (SSSR count). The molecule has 0 saturated carbocycles. The Balaban J connectivity index is 1.52. The van der Waals surface area contributed by atoms with Crippen LogP contribution in [0.25, 0.3) is 0 Å². The number of hydrogen-bond acceptors (Lipinski definition) is 3. The summed E-state index contributed by atoms with van der Waals surface area (Å²) in [6.07, 6.45) is 2.71. The van der Waals surface area contributed by atoms with E-state index in [2.05, 4.69) is 41.4 Å². The number of fused-ring (bicyclic) bond motifs is 1. The highest BCUT2D eigenvalue weighted by Gasteiger charge is 2.28. The van der Waals surface area contributed by atoms with E-state index in [0.717, 1.165) is 25.8 Å².